The average molecular weight is 474 g/mol. The van der Waals surface area contributed by atoms with Gasteiger partial charge in [0.1, 0.15) is 29.3 Å². The molecule has 12 heteroatoms. The number of rotatable bonds is 4. The Bertz CT molecular complexity index is 1390. The number of nitrogens with zero attached hydrogens (tertiary/aromatic N) is 5. The predicted octanol–water partition coefficient (Wildman–Crippen LogP) is 4.07. The van der Waals surface area contributed by atoms with Gasteiger partial charge in [-0.15, -0.1) is 0 Å². The fourth-order valence-electron chi connectivity index (χ4n) is 3.80. The van der Waals surface area contributed by atoms with Gasteiger partial charge < -0.3 is 15.0 Å². The summed E-state index contributed by atoms with van der Waals surface area (Å²) in [4.78, 5) is 30.2. The number of carbonyl (C=O) groups excluding carboxylic acids is 1. The Balaban J connectivity index is 1.68. The molecule has 8 nitrogen and oxygen atoms in total. The van der Waals surface area contributed by atoms with Gasteiger partial charge in [-0.05, 0) is 24.6 Å². The van der Waals surface area contributed by atoms with Gasteiger partial charge in [0.05, 0.1) is 11.8 Å². The zero-order valence-corrected chi connectivity index (χ0v) is 17.7. The molecule has 0 aliphatic carbocycles. The molecule has 168 valence electrons. The Kier molecular flexibility index (Phi) is 4.74. The summed E-state index contributed by atoms with van der Waals surface area (Å²) in [6.07, 6.45) is 1.87. The number of halogens is 4. The molecule has 1 aliphatic heterocycles. The van der Waals surface area contributed by atoms with Gasteiger partial charge >= 0.3 is 6.18 Å². The first-order chi connectivity index (χ1) is 15.6. The molecule has 0 saturated carbocycles. The number of anilines is 2. The first kappa shape index (κ1) is 21.1. The molecule has 4 aromatic rings. The minimum absolute atomic E-state index is 0.0506. The number of amides is 1. The number of fused-ring (bicyclic) bond motifs is 2. The highest BCUT2D eigenvalue weighted by atomic mass is 35.5. The Morgan fingerprint density at radius 1 is 1.18 bits per heavy atom. The number of imidazole rings is 1. The van der Waals surface area contributed by atoms with E-state index in [0.717, 1.165) is 0 Å². The van der Waals surface area contributed by atoms with Crippen LogP contribution in [0.3, 0.4) is 0 Å². The van der Waals surface area contributed by atoms with E-state index in [0.29, 0.717) is 21.9 Å². The molecule has 0 bridgehead atoms. The summed E-state index contributed by atoms with van der Waals surface area (Å²) in [5.74, 6) is -0.399. The standard InChI is InChI=1S/C21H15ClF3N7O/c1-20(11-2-4-12(22)5-3-11)15-17(28-10-21(23,24)25)29-16(30-18(15)31-19(20)33)13-9-32-7-6-26-14(32)8-27-13/h2-9H,10H2,1H3,(H2,28,29,30,31,33). The lowest BCUT2D eigenvalue weighted by Gasteiger charge is -2.25. The smallest absolute Gasteiger partial charge is 0.361 e. The molecule has 4 heterocycles. The maximum absolute atomic E-state index is 13.1. The minimum Gasteiger partial charge on any atom is -0.361 e. The van der Waals surface area contributed by atoms with Crippen LogP contribution >= 0.6 is 11.6 Å². The number of alkyl halides is 3. The lowest BCUT2D eigenvalue weighted by atomic mass is 9.77. The maximum Gasteiger partial charge on any atom is 0.405 e. The second-order valence-electron chi connectivity index (χ2n) is 7.64. The van der Waals surface area contributed by atoms with E-state index in [4.69, 9.17) is 11.6 Å². The molecule has 33 heavy (non-hydrogen) atoms. The van der Waals surface area contributed by atoms with E-state index in [-0.39, 0.29) is 23.0 Å². The third kappa shape index (κ3) is 3.63. The zero-order valence-electron chi connectivity index (χ0n) is 17.0. The summed E-state index contributed by atoms with van der Waals surface area (Å²) in [6, 6.07) is 6.51. The number of aromatic nitrogens is 5. The van der Waals surface area contributed by atoms with Gasteiger partial charge in [0, 0.05) is 23.6 Å². The number of carbonyl (C=O) groups is 1. The summed E-state index contributed by atoms with van der Waals surface area (Å²) >= 11 is 5.98. The van der Waals surface area contributed by atoms with Crippen LogP contribution in [-0.2, 0) is 10.2 Å². The fourth-order valence-corrected chi connectivity index (χ4v) is 3.92. The summed E-state index contributed by atoms with van der Waals surface area (Å²) in [6.45, 7) is 0.268. The maximum atomic E-state index is 13.1. The summed E-state index contributed by atoms with van der Waals surface area (Å²) < 4.78 is 40.9. The average Bonchev–Trinajstić information content (AvgIpc) is 3.34. The van der Waals surface area contributed by atoms with Crippen molar-refractivity contribution in [2.75, 3.05) is 17.2 Å². The quantitative estimate of drug-likeness (QED) is 0.464. The number of benzene rings is 1. The van der Waals surface area contributed by atoms with E-state index in [2.05, 4.69) is 30.6 Å². The highest BCUT2D eigenvalue weighted by Gasteiger charge is 2.48. The van der Waals surface area contributed by atoms with Crippen LogP contribution in [0.15, 0.2) is 49.1 Å². The molecular formula is C21H15ClF3N7O. The van der Waals surface area contributed by atoms with Crippen molar-refractivity contribution >= 4 is 34.8 Å². The minimum atomic E-state index is -4.50. The normalized spacial score (nSPS) is 17.8. The van der Waals surface area contributed by atoms with Gasteiger partial charge in [-0.2, -0.15) is 13.2 Å². The topological polar surface area (TPSA) is 97.1 Å². The van der Waals surface area contributed by atoms with Crippen molar-refractivity contribution in [2.45, 2.75) is 18.5 Å². The molecule has 1 aliphatic rings. The van der Waals surface area contributed by atoms with Crippen LogP contribution in [0.25, 0.3) is 17.2 Å². The van der Waals surface area contributed by atoms with Gasteiger partial charge in [-0.1, -0.05) is 23.7 Å². The molecule has 5 rings (SSSR count). The SMILES string of the molecule is CC1(c2ccc(Cl)cc2)C(=O)Nc2nc(-c3cn4ccnc4cn3)nc(NCC(F)(F)F)c21. The first-order valence-corrected chi connectivity index (χ1v) is 10.1. The molecule has 2 N–H and O–H groups in total. The molecule has 0 saturated heterocycles. The van der Waals surface area contributed by atoms with Crippen LogP contribution in [0.1, 0.15) is 18.1 Å². The van der Waals surface area contributed by atoms with Crippen LogP contribution in [-0.4, -0.2) is 43.0 Å². The number of hydrogen-bond acceptors (Lipinski definition) is 6. The van der Waals surface area contributed by atoms with Crippen molar-refractivity contribution in [1.29, 1.82) is 0 Å². The molecule has 0 spiro atoms. The summed E-state index contributed by atoms with van der Waals surface area (Å²) in [7, 11) is 0. The second-order valence-corrected chi connectivity index (χ2v) is 8.08. The monoisotopic (exact) mass is 473 g/mol. The van der Waals surface area contributed by atoms with Gasteiger partial charge in [-0.3, -0.25) is 4.79 Å². The first-order valence-electron chi connectivity index (χ1n) is 9.75. The van der Waals surface area contributed by atoms with E-state index in [9.17, 15) is 18.0 Å². The van der Waals surface area contributed by atoms with Gasteiger partial charge in [0.25, 0.3) is 0 Å². The zero-order chi connectivity index (χ0) is 23.4. The van der Waals surface area contributed by atoms with E-state index < -0.39 is 24.0 Å². The molecule has 1 atom stereocenters. The van der Waals surface area contributed by atoms with Crippen LogP contribution < -0.4 is 10.6 Å². The highest BCUT2D eigenvalue weighted by Crippen LogP contribution is 2.46. The fraction of sp³-hybridized carbons (Fsp3) is 0.190. The third-order valence-corrected chi connectivity index (χ3v) is 5.73. The van der Waals surface area contributed by atoms with Crippen molar-refractivity contribution in [2.24, 2.45) is 0 Å². The predicted molar refractivity (Wildman–Crippen MR) is 115 cm³/mol. The lowest BCUT2D eigenvalue weighted by Crippen LogP contribution is -2.33. The Morgan fingerprint density at radius 2 is 1.94 bits per heavy atom. The van der Waals surface area contributed by atoms with Crippen LogP contribution in [0.2, 0.25) is 5.02 Å². The van der Waals surface area contributed by atoms with Gasteiger partial charge in [0.15, 0.2) is 11.5 Å². The third-order valence-electron chi connectivity index (χ3n) is 5.48. The van der Waals surface area contributed by atoms with Crippen molar-refractivity contribution in [3.05, 3.63) is 65.2 Å². The molecule has 0 fully saturated rings. The Hall–Kier alpha value is -3.73. The van der Waals surface area contributed by atoms with E-state index >= 15 is 0 Å². The highest BCUT2D eigenvalue weighted by molar-refractivity contribution is 6.30. The van der Waals surface area contributed by atoms with E-state index in [1.54, 1.807) is 54.2 Å². The van der Waals surface area contributed by atoms with Crippen molar-refractivity contribution < 1.29 is 18.0 Å². The number of hydrogen-bond donors (Lipinski definition) is 2. The molecule has 1 unspecified atom stereocenters. The van der Waals surface area contributed by atoms with Crippen molar-refractivity contribution in [3.63, 3.8) is 0 Å². The van der Waals surface area contributed by atoms with Crippen LogP contribution in [0.5, 0.6) is 0 Å². The van der Waals surface area contributed by atoms with Crippen LogP contribution in [0.4, 0.5) is 24.8 Å². The molecular weight excluding hydrogens is 459 g/mol. The number of nitrogens with one attached hydrogen (secondary N) is 2. The lowest BCUT2D eigenvalue weighted by molar-refractivity contribution is -0.119. The molecule has 3 aromatic heterocycles. The Labute approximate surface area is 189 Å². The summed E-state index contributed by atoms with van der Waals surface area (Å²) in [5, 5.41) is 5.49. The van der Waals surface area contributed by atoms with E-state index in [1.807, 2.05) is 0 Å². The van der Waals surface area contributed by atoms with Crippen LogP contribution in [0, 0.1) is 0 Å². The summed E-state index contributed by atoms with van der Waals surface area (Å²) in [5.41, 5.74) is 0.291. The van der Waals surface area contributed by atoms with Crippen molar-refractivity contribution in [1.82, 2.24) is 24.3 Å². The second kappa shape index (κ2) is 7.41. The molecule has 0 radical (unpaired) electrons. The molecule has 1 aromatic carbocycles. The largest absolute Gasteiger partial charge is 0.405 e. The Morgan fingerprint density at radius 3 is 2.67 bits per heavy atom. The van der Waals surface area contributed by atoms with Crippen molar-refractivity contribution in [3.8, 4) is 11.5 Å². The molecule has 1 amide bonds. The van der Waals surface area contributed by atoms with Gasteiger partial charge in [-0.25, -0.2) is 19.9 Å². The van der Waals surface area contributed by atoms with E-state index in [1.165, 1.54) is 6.20 Å². The van der Waals surface area contributed by atoms with Gasteiger partial charge in [0.2, 0.25) is 5.91 Å².